The lowest BCUT2D eigenvalue weighted by molar-refractivity contribution is -0.123. The van der Waals surface area contributed by atoms with E-state index in [-0.39, 0.29) is 18.1 Å². The van der Waals surface area contributed by atoms with Gasteiger partial charge in [0.1, 0.15) is 5.75 Å². The zero-order valence-electron chi connectivity index (χ0n) is 9.51. The molecule has 0 bridgehead atoms. The lowest BCUT2D eigenvalue weighted by Gasteiger charge is -2.18. The van der Waals surface area contributed by atoms with Gasteiger partial charge in [0, 0.05) is 19.0 Å². The summed E-state index contributed by atoms with van der Waals surface area (Å²) < 4.78 is 0. The first-order valence-electron chi connectivity index (χ1n) is 5.38. The first-order chi connectivity index (χ1) is 7.99. The lowest BCUT2D eigenvalue weighted by Crippen LogP contribution is -2.28. The Balaban J connectivity index is 2.32. The summed E-state index contributed by atoms with van der Waals surface area (Å²) in [5, 5.41) is 9.43. The molecule has 1 aliphatic rings. The van der Waals surface area contributed by atoms with Gasteiger partial charge < -0.3 is 15.7 Å². The molecule has 0 radical (unpaired) electrons. The first kappa shape index (κ1) is 11.4. The van der Waals surface area contributed by atoms with Gasteiger partial charge in [-0.1, -0.05) is 6.07 Å². The number of hydrogen-bond donors (Lipinski definition) is 2. The Morgan fingerprint density at radius 1 is 1.53 bits per heavy atom. The highest BCUT2D eigenvalue weighted by atomic mass is 16.3. The summed E-state index contributed by atoms with van der Waals surface area (Å²) in [4.78, 5) is 24.4. The maximum Gasteiger partial charge on any atom is 0.227 e. The van der Waals surface area contributed by atoms with Crippen LogP contribution in [-0.2, 0) is 9.59 Å². The number of hydrogen-bond acceptors (Lipinski definition) is 3. The minimum Gasteiger partial charge on any atom is -0.508 e. The fourth-order valence-corrected chi connectivity index (χ4v) is 2.02. The van der Waals surface area contributed by atoms with Gasteiger partial charge >= 0.3 is 0 Å². The SMILES string of the molecule is Cc1ccc(O)cc1N1CC(C(N)=O)CC1=O. The predicted molar refractivity (Wildman–Crippen MR) is 62.5 cm³/mol. The number of phenols is 1. The van der Waals surface area contributed by atoms with Gasteiger partial charge in [-0.25, -0.2) is 0 Å². The smallest absolute Gasteiger partial charge is 0.227 e. The van der Waals surface area contributed by atoms with Crippen LogP contribution in [0.25, 0.3) is 0 Å². The molecule has 5 heteroatoms. The molecular formula is C12H14N2O3. The Morgan fingerprint density at radius 3 is 2.82 bits per heavy atom. The van der Waals surface area contributed by atoms with Gasteiger partial charge in [-0.05, 0) is 18.6 Å². The molecule has 5 nitrogen and oxygen atoms in total. The molecule has 90 valence electrons. The van der Waals surface area contributed by atoms with Crippen LogP contribution < -0.4 is 10.6 Å². The summed E-state index contributed by atoms with van der Waals surface area (Å²) in [6, 6.07) is 4.82. The summed E-state index contributed by atoms with van der Waals surface area (Å²) in [5.74, 6) is -0.939. The number of anilines is 1. The molecule has 0 aliphatic carbocycles. The van der Waals surface area contributed by atoms with Crippen LogP contribution in [0.1, 0.15) is 12.0 Å². The number of nitrogens with zero attached hydrogens (tertiary/aromatic N) is 1. The zero-order valence-corrected chi connectivity index (χ0v) is 9.51. The first-order valence-corrected chi connectivity index (χ1v) is 5.38. The van der Waals surface area contributed by atoms with Crippen molar-refractivity contribution in [3.63, 3.8) is 0 Å². The van der Waals surface area contributed by atoms with Crippen LogP contribution in [0.4, 0.5) is 5.69 Å². The Morgan fingerprint density at radius 2 is 2.24 bits per heavy atom. The van der Waals surface area contributed by atoms with E-state index < -0.39 is 11.8 Å². The standard InChI is InChI=1S/C12H14N2O3/c1-7-2-3-9(15)5-10(7)14-6-8(12(13)17)4-11(14)16/h2-3,5,8,15H,4,6H2,1H3,(H2,13,17). The van der Waals surface area contributed by atoms with Gasteiger partial charge in [-0.15, -0.1) is 0 Å². The number of rotatable bonds is 2. The van der Waals surface area contributed by atoms with E-state index in [9.17, 15) is 14.7 Å². The quantitative estimate of drug-likeness (QED) is 0.783. The van der Waals surface area contributed by atoms with Crippen LogP contribution in [0, 0.1) is 12.8 Å². The molecule has 1 saturated heterocycles. The van der Waals surface area contributed by atoms with Crippen molar-refractivity contribution < 1.29 is 14.7 Å². The molecule has 3 N–H and O–H groups in total. The van der Waals surface area contributed by atoms with E-state index >= 15 is 0 Å². The molecule has 1 aliphatic heterocycles. The third-order valence-electron chi connectivity index (χ3n) is 3.01. The number of phenolic OH excluding ortho intramolecular Hbond substituents is 1. The molecule has 1 unspecified atom stereocenters. The van der Waals surface area contributed by atoms with E-state index in [1.54, 1.807) is 12.1 Å². The molecule has 17 heavy (non-hydrogen) atoms. The summed E-state index contributed by atoms with van der Waals surface area (Å²) in [6.07, 6.45) is 0.143. The molecule has 1 aromatic carbocycles. The summed E-state index contributed by atoms with van der Waals surface area (Å²) in [5.41, 5.74) is 6.71. The highest BCUT2D eigenvalue weighted by Crippen LogP contribution is 2.30. The van der Waals surface area contributed by atoms with Crippen molar-refractivity contribution in [2.45, 2.75) is 13.3 Å². The van der Waals surface area contributed by atoms with Crippen LogP contribution >= 0.6 is 0 Å². The van der Waals surface area contributed by atoms with Gasteiger partial charge in [0.25, 0.3) is 0 Å². The second-order valence-electron chi connectivity index (χ2n) is 4.28. The minimum atomic E-state index is -0.460. The molecular weight excluding hydrogens is 220 g/mol. The van der Waals surface area contributed by atoms with Crippen molar-refractivity contribution in [1.29, 1.82) is 0 Å². The second-order valence-corrected chi connectivity index (χ2v) is 4.28. The van der Waals surface area contributed by atoms with Crippen LogP contribution in [0.2, 0.25) is 0 Å². The zero-order chi connectivity index (χ0) is 12.6. The Kier molecular flexibility index (Phi) is 2.75. The Bertz CT molecular complexity index is 485. The lowest BCUT2D eigenvalue weighted by atomic mass is 10.1. The van der Waals surface area contributed by atoms with E-state index in [0.29, 0.717) is 12.2 Å². The average Bonchev–Trinajstić information content (AvgIpc) is 2.64. The predicted octanol–water partition coefficient (Wildman–Crippen LogP) is 0.539. The van der Waals surface area contributed by atoms with E-state index in [1.807, 2.05) is 6.92 Å². The third-order valence-corrected chi connectivity index (χ3v) is 3.01. The summed E-state index contributed by atoms with van der Waals surface area (Å²) >= 11 is 0. The van der Waals surface area contributed by atoms with E-state index in [1.165, 1.54) is 11.0 Å². The largest absolute Gasteiger partial charge is 0.508 e. The van der Waals surface area contributed by atoms with E-state index in [4.69, 9.17) is 5.73 Å². The Labute approximate surface area is 98.8 Å². The molecule has 1 aromatic rings. The fourth-order valence-electron chi connectivity index (χ4n) is 2.02. The highest BCUT2D eigenvalue weighted by Gasteiger charge is 2.34. The van der Waals surface area contributed by atoms with Crippen LogP contribution in [-0.4, -0.2) is 23.5 Å². The highest BCUT2D eigenvalue weighted by molar-refractivity contribution is 6.00. The summed E-state index contributed by atoms with van der Waals surface area (Å²) in [6.45, 7) is 2.14. The van der Waals surface area contributed by atoms with Crippen molar-refractivity contribution >= 4 is 17.5 Å². The number of amides is 2. The maximum atomic E-state index is 11.8. The van der Waals surface area contributed by atoms with Crippen LogP contribution in [0.3, 0.4) is 0 Å². The molecule has 1 atom stereocenters. The van der Waals surface area contributed by atoms with Gasteiger partial charge in [0.15, 0.2) is 0 Å². The number of primary amides is 1. The maximum absolute atomic E-state index is 11.8. The molecule has 2 amide bonds. The molecule has 2 rings (SSSR count). The number of aryl methyl sites for hydroxylation is 1. The number of carbonyl (C=O) groups excluding carboxylic acids is 2. The Hall–Kier alpha value is -2.04. The van der Waals surface area contributed by atoms with Crippen molar-refractivity contribution in [2.75, 3.05) is 11.4 Å². The average molecular weight is 234 g/mol. The third kappa shape index (κ3) is 2.08. The number of carbonyl (C=O) groups is 2. The fraction of sp³-hybridized carbons (Fsp3) is 0.333. The number of benzene rings is 1. The minimum absolute atomic E-state index is 0.0981. The van der Waals surface area contributed by atoms with Gasteiger partial charge in [-0.3, -0.25) is 9.59 Å². The van der Waals surface area contributed by atoms with Gasteiger partial charge in [0.05, 0.1) is 11.6 Å². The van der Waals surface area contributed by atoms with Gasteiger partial charge in [-0.2, -0.15) is 0 Å². The molecule has 1 heterocycles. The van der Waals surface area contributed by atoms with Gasteiger partial charge in [0.2, 0.25) is 11.8 Å². The normalized spacial score (nSPS) is 19.7. The van der Waals surface area contributed by atoms with Crippen molar-refractivity contribution in [1.82, 2.24) is 0 Å². The van der Waals surface area contributed by atoms with Crippen molar-refractivity contribution in [2.24, 2.45) is 11.7 Å². The topological polar surface area (TPSA) is 83.6 Å². The van der Waals surface area contributed by atoms with E-state index in [2.05, 4.69) is 0 Å². The summed E-state index contributed by atoms with van der Waals surface area (Å²) in [7, 11) is 0. The molecule has 0 spiro atoms. The van der Waals surface area contributed by atoms with Crippen LogP contribution in [0.5, 0.6) is 5.75 Å². The van der Waals surface area contributed by atoms with Crippen molar-refractivity contribution in [3.05, 3.63) is 23.8 Å². The monoisotopic (exact) mass is 234 g/mol. The molecule has 0 aromatic heterocycles. The van der Waals surface area contributed by atoms with E-state index in [0.717, 1.165) is 5.56 Å². The number of nitrogens with two attached hydrogens (primary N) is 1. The van der Waals surface area contributed by atoms with Crippen molar-refractivity contribution in [3.8, 4) is 5.75 Å². The number of aromatic hydroxyl groups is 1. The molecule has 1 fully saturated rings. The second kappa shape index (κ2) is 4.08. The van der Waals surface area contributed by atoms with Crippen LogP contribution in [0.15, 0.2) is 18.2 Å². The molecule has 0 saturated carbocycles.